The van der Waals surface area contributed by atoms with Crippen molar-refractivity contribution in [3.8, 4) is 0 Å². The molecule has 36 heavy (non-hydrogen) atoms. The van der Waals surface area contributed by atoms with Crippen LogP contribution in [0.3, 0.4) is 0 Å². The molecule has 0 saturated heterocycles. The molecule has 1 aromatic heterocycles. The standard InChI is InChI=1S/C32H35N3O/c1-5-8-30-33-34-31(36-30)20-13-24-11-16-27(17-12-24)32(4)29-10-7-6-9-26(29)21-22-35(32)28-18-14-25(15-19-28)23(2)3/h6-7,9-20,23H,5,8,21-22H2,1-4H3/b20-13+. The SMILES string of the molecule is CCCc1nnc(/C=C/c2ccc(C3(C)c4ccccc4CCN3c3ccc(C(C)C)cc3)cc2)o1. The van der Waals surface area contributed by atoms with Gasteiger partial charge in [0.05, 0.1) is 5.54 Å². The van der Waals surface area contributed by atoms with Gasteiger partial charge >= 0.3 is 0 Å². The molecule has 4 aromatic rings. The maximum Gasteiger partial charge on any atom is 0.240 e. The van der Waals surface area contributed by atoms with Gasteiger partial charge in [-0.05, 0) is 71.7 Å². The van der Waals surface area contributed by atoms with Crippen LogP contribution in [-0.2, 0) is 18.4 Å². The molecule has 4 nitrogen and oxygen atoms in total. The molecule has 0 saturated carbocycles. The van der Waals surface area contributed by atoms with E-state index >= 15 is 0 Å². The smallest absolute Gasteiger partial charge is 0.240 e. The first kappa shape index (κ1) is 24.1. The van der Waals surface area contributed by atoms with Crippen LogP contribution >= 0.6 is 0 Å². The van der Waals surface area contributed by atoms with Crippen molar-refractivity contribution in [2.75, 3.05) is 11.4 Å². The highest BCUT2D eigenvalue weighted by Crippen LogP contribution is 2.43. The number of aromatic nitrogens is 2. The monoisotopic (exact) mass is 477 g/mol. The van der Waals surface area contributed by atoms with E-state index < -0.39 is 0 Å². The van der Waals surface area contributed by atoms with Crippen molar-refractivity contribution in [1.29, 1.82) is 0 Å². The van der Waals surface area contributed by atoms with Gasteiger partial charge in [-0.25, -0.2) is 0 Å². The third kappa shape index (κ3) is 4.60. The lowest BCUT2D eigenvalue weighted by Gasteiger charge is -2.48. The lowest BCUT2D eigenvalue weighted by Crippen LogP contribution is -2.49. The number of aryl methyl sites for hydroxylation is 1. The van der Waals surface area contributed by atoms with Gasteiger partial charge in [-0.15, -0.1) is 10.2 Å². The van der Waals surface area contributed by atoms with E-state index in [-0.39, 0.29) is 5.54 Å². The first-order valence-electron chi connectivity index (χ1n) is 13.1. The Kier molecular flexibility index (Phi) is 6.77. The molecule has 5 rings (SSSR count). The normalized spacial score (nSPS) is 17.6. The average Bonchev–Trinajstić information content (AvgIpc) is 3.36. The molecular weight excluding hydrogens is 442 g/mol. The zero-order valence-electron chi connectivity index (χ0n) is 21.7. The van der Waals surface area contributed by atoms with Crippen LogP contribution in [-0.4, -0.2) is 16.7 Å². The first-order valence-corrected chi connectivity index (χ1v) is 13.1. The van der Waals surface area contributed by atoms with Crippen LogP contribution in [0.2, 0.25) is 0 Å². The summed E-state index contributed by atoms with van der Waals surface area (Å²) in [6.45, 7) is 9.94. The van der Waals surface area contributed by atoms with Crippen LogP contribution in [0.15, 0.2) is 77.2 Å². The minimum absolute atomic E-state index is 0.266. The van der Waals surface area contributed by atoms with Gasteiger partial charge in [-0.2, -0.15) is 0 Å². The van der Waals surface area contributed by atoms with Crippen molar-refractivity contribution >= 4 is 17.8 Å². The Labute approximate surface area is 214 Å². The van der Waals surface area contributed by atoms with E-state index in [1.807, 2.05) is 12.2 Å². The highest BCUT2D eigenvalue weighted by atomic mass is 16.4. The van der Waals surface area contributed by atoms with E-state index in [0.29, 0.717) is 17.7 Å². The summed E-state index contributed by atoms with van der Waals surface area (Å²) >= 11 is 0. The molecular formula is C32H35N3O. The fourth-order valence-corrected chi connectivity index (χ4v) is 5.29. The second kappa shape index (κ2) is 10.1. The third-order valence-corrected chi connectivity index (χ3v) is 7.40. The maximum atomic E-state index is 5.69. The number of anilines is 1. The summed E-state index contributed by atoms with van der Waals surface area (Å²) in [5.41, 5.74) is 7.56. The van der Waals surface area contributed by atoms with E-state index in [1.54, 1.807) is 0 Å². The molecule has 0 fully saturated rings. The summed E-state index contributed by atoms with van der Waals surface area (Å²) < 4.78 is 5.69. The fraction of sp³-hybridized carbons (Fsp3) is 0.312. The molecule has 1 aliphatic rings. The molecule has 0 N–H and O–H groups in total. The Hall–Kier alpha value is -3.66. The van der Waals surface area contributed by atoms with Gasteiger partial charge in [-0.1, -0.05) is 81.4 Å². The molecule has 3 aromatic carbocycles. The number of benzene rings is 3. The molecule has 184 valence electrons. The summed E-state index contributed by atoms with van der Waals surface area (Å²) in [5, 5.41) is 8.23. The topological polar surface area (TPSA) is 42.2 Å². The number of hydrogen-bond donors (Lipinski definition) is 0. The summed E-state index contributed by atoms with van der Waals surface area (Å²) in [4.78, 5) is 2.57. The molecule has 1 unspecified atom stereocenters. The maximum absolute atomic E-state index is 5.69. The molecule has 4 heteroatoms. The molecule has 2 heterocycles. The van der Waals surface area contributed by atoms with Crippen molar-refractivity contribution in [2.45, 2.75) is 58.4 Å². The summed E-state index contributed by atoms with van der Waals surface area (Å²) in [7, 11) is 0. The van der Waals surface area contributed by atoms with Gasteiger partial charge in [0, 0.05) is 24.7 Å². The van der Waals surface area contributed by atoms with Gasteiger partial charge in [0.25, 0.3) is 0 Å². The average molecular weight is 478 g/mol. The van der Waals surface area contributed by atoms with Crippen LogP contribution in [0.4, 0.5) is 5.69 Å². The zero-order chi connectivity index (χ0) is 25.1. The predicted molar refractivity (Wildman–Crippen MR) is 148 cm³/mol. The lowest BCUT2D eigenvalue weighted by molar-refractivity contribution is 0.482. The van der Waals surface area contributed by atoms with Crippen LogP contribution < -0.4 is 4.90 Å². The predicted octanol–water partition coefficient (Wildman–Crippen LogP) is 7.64. The fourth-order valence-electron chi connectivity index (χ4n) is 5.29. The second-order valence-electron chi connectivity index (χ2n) is 10.1. The van der Waals surface area contributed by atoms with Crippen LogP contribution in [0.25, 0.3) is 12.2 Å². The van der Waals surface area contributed by atoms with Gasteiger partial charge in [-0.3, -0.25) is 0 Å². The number of fused-ring (bicyclic) bond motifs is 1. The molecule has 1 atom stereocenters. The molecule has 0 spiro atoms. The Balaban J connectivity index is 1.48. The van der Waals surface area contributed by atoms with Gasteiger partial charge in [0.2, 0.25) is 11.8 Å². The molecule has 0 amide bonds. The highest BCUT2D eigenvalue weighted by molar-refractivity contribution is 5.67. The molecule has 0 radical (unpaired) electrons. The van der Waals surface area contributed by atoms with Crippen LogP contribution in [0.5, 0.6) is 0 Å². The highest BCUT2D eigenvalue weighted by Gasteiger charge is 2.40. The molecule has 0 aliphatic carbocycles. The van der Waals surface area contributed by atoms with Gasteiger partial charge in [0.1, 0.15) is 0 Å². The van der Waals surface area contributed by atoms with Crippen LogP contribution in [0, 0.1) is 0 Å². The largest absolute Gasteiger partial charge is 0.421 e. The Bertz CT molecular complexity index is 1330. The summed E-state index contributed by atoms with van der Waals surface area (Å²) in [6, 6.07) is 26.9. The van der Waals surface area contributed by atoms with Crippen molar-refractivity contribution in [3.63, 3.8) is 0 Å². The number of rotatable bonds is 7. The Morgan fingerprint density at radius 2 is 1.69 bits per heavy atom. The minimum atomic E-state index is -0.266. The van der Waals surface area contributed by atoms with Crippen molar-refractivity contribution < 1.29 is 4.42 Å². The Morgan fingerprint density at radius 3 is 2.42 bits per heavy atom. The van der Waals surface area contributed by atoms with E-state index in [9.17, 15) is 0 Å². The quantitative estimate of drug-likeness (QED) is 0.274. The van der Waals surface area contributed by atoms with Gasteiger partial charge in [0.15, 0.2) is 0 Å². The Morgan fingerprint density at radius 1 is 0.944 bits per heavy atom. The zero-order valence-corrected chi connectivity index (χ0v) is 21.7. The molecule has 1 aliphatic heterocycles. The van der Waals surface area contributed by atoms with Crippen molar-refractivity contribution in [2.24, 2.45) is 0 Å². The first-order chi connectivity index (χ1) is 17.5. The van der Waals surface area contributed by atoms with E-state index in [1.165, 1.54) is 27.9 Å². The van der Waals surface area contributed by atoms with Crippen molar-refractivity contribution in [3.05, 3.63) is 112 Å². The molecule has 0 bridgehead atoms. The number of nitrogens with zero attached hydrogens (tertiary/aromatic N) is 3. The summed E-state index contributed by atoms with van der Waals surface area (Å²) in [6.07, 6.45) is 6.77. The number of hydrogen-bond acceptors (Lipinski definition) is 4. The summed E-state index contributed by atoms with van der Waals surface area (Å²) in [5.74, 6) is 1.77. The van der Waals surface area contributed by atoms with Crippen LogP contribution in [0.1, 0.15) is 79.6 Å². The van der Waals surface area contributed by atoms with E-state index in [0.717, 1.165) is 31.4 Å². The van der Waals surface area contributed by atoms with Crippen molar-refractivity contribution in [1.82, 2.24) is 10.2 Å². The van der Waals surface area contributed by atoms with E-state index in [4.69, 9.17) is 4.42 Å². The lowest BCUT2D eigenvalue weighted by atomic mass is 9.76. The van der Waals surface area contributed by atoms with E-state index in [2.05, 4.69) is 116 Å². The third-order valence-electron chi connectivity index (χ3n) is 7.40. The second-order valence-corrected chi connectivity index (χ2v) is 10.1. The minimum Gasteiger partial charge on any atom is -0.421 e. The van der Waals surface area contributed by atoms with Gasteiger partial charge < -0.3 is 9.32 Å².